The van der Waals surface area contributed by atoms with Gasteiger partial charge in [0.25, 0.3) is 11.6 Å². The van der Waals surface area contributed by atoms with E-state index in [0.717, 1.165) is 6.07 Å². The fraction of sp³-hybridized carbons (Fsp3) is 0.250. The average molecular weight is 556 g/mol. The number of nitro groups is 1. The summed E-state index contributed by atoms with van der Waals surface area (Å²) < 4.78 is 27.5. The quantitative estimate of drug-likeness (QED) is 0.185. The van der Waals surface area contributed by atoms with Crippen molar-refractivity contribution in [2.75, 3.05) is 36.0 Å². The lowest BCUT2D eigenvalue weighted by molar-refractivity contribution is -0.384. The molecule has 1 saturated heterocycles. The number of hydrogen-bond donors (Lipinski definition) is 3. The van der Waals surface area contributed by atoms with Crippen LogP contribution >= 0.6 is 0 Å². The van der Waals surface area contributed by atoms with E-state index >= 15 is 0 Å². The van der Waals surface area contributed by atoms with Crippen molar-refractivity contribution in [1.29, 1.82) is 0 Å². The van der Waals surface area contributed by atoms with Gasteiger partial charge in [0.2, 0.25) is 16.0 Å². The number of amides is 1. The van der Waals surface area contributed by atoms with E-state index in [1.54, 1.807) is 24.5 Å². The van der Waals surface area contributed by atoms with Crippen molar-refractivity contribution in [2.24, 2.45) is 0 Å². The van der Waals surface area contributed by atoms with Gasteiger partial charge < -0.3 is 20.2 Å². The normalized spacial score (nSPS) is 14.5. The van der Waals surface area contributed by atoms with Crippen molar-refractivity contribution in [3.63, 3.8) is 0 Å². The molecule has 0 saturated carbocycles. The molecule has 1 fully saturated rings. The minimum Gasteiger partial charge on any atom is -0.481 e. The number of carbonyl (C=O) groups is 2. The van der Waals surface area contributed by atoms with Crippen LogP contribution in [0.2, 0.25) is 0 Å². The second-order valence-corrected chi connectivity index (χ2v) is 10.3. The average Bonchev–Trinajstić information content (AvgIpc) is 2.93. The van der Waals surface area contributed by atoms with Crippen molar-refractivity contribution in [3.05, 3.63) is 82.7 Å². The number of anilines is 2. The zero-order valence-electron chi connectivity index (χ0n) is 20.5. The highest BCUT2D eigenvalue weighted by Crippen LogP contribution is 2.30. The maximum atomic E-state index is 12.9. The fourth-order valence-electron chi connectivity index (χ4n) is 4.07. The predicted octanol–water partition coefficient (Wildman–Crippen LogP) is 1.22. The first-order valence-electron chi connectivity index (χ1n) is 11.8. The molecule has 0 bridgehead atoms. The maximum absolute atomic E-state index is 12.9. The topological polar surface area (TPSA) is 188 Å². The maximum Gasteiger partial charge on any atom is 0.306 e. The summed E-state index contributed by atoms with van der Waals surface area (Å²) in [5, 5.41) is 23.4. The van der Waals surface area contributed by atoms with Crippen molar-refractivity contribution >= 4 is 39.2 Å². The number of aromatic nitrogens is 2. The van der Waals surface area contributed by atoms with E-state index in [-0.39, 0.29) is 16.1 Å². The largest absolute Gasteiger partial charge is 0.481 e. The predicted molar refractivity (Wildman–Crippen MR) is 140 cm³/mol. The molecule has 1 aromatic heterocycles. The van der Waals surface area contributed by atoms with Crippen LogP contribution in [0.25, 0.3) is 0 Å². The van der Waals surface area contributed by atoms with E-state index in [1.165, 1.54) is 36.4 Å². The van der Waals surface area contributed by atoms with Gasteiger partial charge in [-0.15, -0.1) is 0 Å². The highest BCUT2D eigenvalue weighted by Gasteiger charge is 2.28. The molecule has 1 amide bonds. The molecule has 3 aromatic rings. The van der Waals surface area contributed by atoms with Gasteiger partial charge in [0.05, 0.1) is 16.2 Å². The molecule has 0 spiro atoms. The monoisotopic (exact) mass is 555 g/mol. The standard InChI is InChI=1S/C24H25N7O7S/c32-22(33)16-21(28-39(37,38)18-5-2-1-3-6-18)27-23(34)17-7-8-19(20(15-17)31(35)36)29-11-13-30(14-12-29)24-25-9-4-10-26-24/h1-10,15,21,28H,11-14,16H2,(H,27,34)(H,32,33). The number of sulfonamides is 1. The van der Waals surface area contributed by atoms with E-state index < -0.39 is 39.4 Å². The van der Waals surface area contributed by atoms with Crippen molar-refractivity contribution < 1.29 is 28.0 Å². The van der Waals surface area contributed by atoms with Crippen LogP contribution in [0, 0.1) is 10.1 Å². The molecule has 0 radical (unpaired) electrons. The molecule has 4 rings (SSSR count). The third-order valence-electron chi connectivity index (χ3n) is 5.92. The van der Waals surface area contributed by atoms with Gasteiger partial charge >= 0.3 is 5.97 Å². The van der Waals surface area contributed by atoms with Crippen LogP contribution in [0.15, 0.2) is 71.9 Å². The second-order valence-electron chi connectivity index (χ2n) is 8.54. The zero-order valence-corrected chi connectivity index (χ0v) is 21.3. The summed E-state index contributed by atoms with van der Waals surface area (Å²) in [4.78, 5) is 47.6. The SMILES string of the molecule is O=C(O)CC(NC(=O)c1ccc(N2CCN(c3ncccn3)CC2)c([N+](=O)[O-])c1)NS(=O)(=O)c1ccccc1. The summed E-state index contributed by atoms with van der Waals surface area (Å²) in [6.07, 6.45) is 1.01. The Morgan fingerprint density at radius 1 is 1.00 bits per heavy atom. The van der Waals surface area contributed by atoms with Crippen molar-refractivity contribution in [1.82, 2.24) is 20.0 Å². The van der Waals surface area contributed by atoms with Gasteiger partial charge in [-0.1, -0.05) is 18.2 Å². The first kappa shape index (κ1) is 27.4. The van der Waals surface area contributed by atoms with Crippen LogP contribution in [0.5, 0.6) is 0 Å². The number of carboxylic acid groups (broad SMARTS) is 1. The number of rotatable bonds is 10. The smallest absolute Gasteiger partial charge is 0.306 e. The molecule has 1 atom stereocenters. The van der Waals surface area contributed by atoms with Crippen LogP contribution < -0.4 is 19.8 Å². The van der Waals surface area contributed by atoms with Gasteiger partial charge in [0, 0.05) is 50.2 Å². The summed E-state index contributed by atoms with van der Waals surface area (Å²) in [7, 11) is -4.16. The van der Waals surface area contributed by atoms with E-state index in [9.17, 15) is 33.2 Å². The molecule has 1 unspecified atom stereocenters. The Balaban J connectivity index is 1.49. The van der Waals surface area contributed by atoms with E-state index in [2.05, 4.69) is 20.0 Å². The number of hydrogen-bond acceptors (Lipinski definition) is 10. The summed E-state index contributed by atoms with van der Waals surface area (Å²) in [6, 6.07) is 12.8. The first-order chi connectivity index (χ1) is 18.6. The lowest BCUT2D eigenvalue weighted by atomic mass is 10.1. The Morgan fingerprint density at radius 3 is 2.26 bits per heavy atom. The van der Waals surface area contributed by atoms with E-state index in [0.29, 0.717) is 37.8 Å². The van der Waals surface area contributed by atoms with Gasteiger partial charge in [-0.05, 0) is 30.3 Å². The van der Waals surface area contributed by atoms with Gasteiger partial charge in [0.15, 0.2) is 0 Å². The number of carbonyl (C=O) groups excluding carboxylic acids is 1. The van der Waals surface area contributed by atoms with Gasteiger partial charge in [0.1, 0.15) is 11.9 Å². The van der Waals surface area contributed by atoms with Crippen LogP contribution in [-0.4, -0.2) is 72.6 Å². The van der Waals surface area contributed by atoms with E-state index in [4.69, 9.17) is 0 Å². The molecule has 0 aliphatic carbocycles. The van der Waals surface area contributed by atoms with Crippen LogP contribution in [0.1, 0.15) is 16.8 Å². The number of piperazine rings is 1. The number of nitrogens with one attached hydrogen (secondary N) is 2. The van der Waals surface area contributed by atoms with Gasteiger partial charge in [-0.3, -0.25) is 19.7 Å². The minimum atomic E-state index is -4.16. The van der Waals surface area contributed by atoms with Gasteiger partial charge in [-0.25, -0.2) is 18.4 Å². The molecule has 14 nitrogen and oxygen atoms in total. The first-order valence-corrected chi connectivity index (χ1v) is 13.3. The number of nitro benzene ring substituents is 1. The Bertz CT molecular complexity index is 1450. The molecular formula is C24H25N7O7S. The Labute approximate surface area is 223 Å². The molecule has 2 heterocycles. The lowest BCUT2D eigenvalue weighted by Gasteiger charge is -2.35. The molecule has 2 aromatic carbocycles. The third kappa shape index (κ3) is 6.82. The minimum absolute atomic E-state index is 0.117. The highest BCUT2D eigenvalue weighted by atomic mass is 32.2. The second kappa shape index (κ2) is 11.8. The number of carboxylic acids is 1. The van der Waals surface area contributed by atoms with Crippen LogP contribution in [0.4, 0.5) is 17.3 Å². The van der Waals surface area contributed by atoms with E-state index in [1.807, 2.05) is 9.80 Å². The lowest BCUT2D eigenvalue weighted by Crippen LogP contribution is -2.49. The third-order valence-corrected chi connectivity index (χ3v) is 7.41. The van der Waals surface area contributed by atoms with Crippen LogP contribution in [-0.2, 0) is 14.8 Å². The number of aliphatic carboxylic acids is 1. The van der Waals surface area contributed by atoms with Gasteiger partial charge in [-0.2, -0.15) is 4.72 Å². The summed E-state index contributed by atoms with van der Waals surface area (Å²) in [5.41, 5.74) is -0.125. The molecule has 39 heavy (non-hydrogen) atoms. The molecule has 3 N–H and O–H groups in total. The summed E-state index contributed by atoms with van der Waals surface area (Å²) in [6.45, 7) is 1.96. The summed E-state index contributed by atoms with van der Waals surface area (Å²) >= 11 is 0. The Hall–Kier alpha value is -4.63. The Kier molecular flexibility index (Phi) is 8.31. The number of benzene rings is 2. The molecule has 1 aliphatic heterocycles. The fourth-order valence-corrected chi connectivity index (χ4v) is 5.24. The number of nitrogens with zero attached hydrogens (tertiary/aromatic N) is 5. The van der Waals surface area contributed by atoms with Crippen molar-refractivity contribution in [2.45, 2.75) is 17.5 Å². The van der Waals surface area contributed by atoms with Crippen molar-refractivity contribution in [3.8, 4) is 0 Å². The van der Waals surface area contributed by atoms with Crippen LogP contribution in [0.3, 0.4) is 0 Å². The highest BCUT2D eigenvalue weighted by molar-refractivity contribution is 7.89. The molecule has 1 aliphatic rings. The Morgan fingerprint density at radius 2 is 1.64 bits per heavy atom. The summed E-state index contributed by atoms with van der Waals surface area (Å²) in [5.74, 6) is -1.67. The molecule has 204 valence electrons. The zero-order chi connectivity index (χ0) is 28.0. The molecular weight excluding hydrogens is 530 g/mol. The molecule has 15 heteroatoms.